The van der Waals surface area contributed by atoms with E-state index in [0.717, 1.165) is 0 Å². The van der Waals surface area contributed by atoms with E-state index in [1.54, 1.807) is 0 Å². The molecule has 0 aliphatic carbocycles. The van der Waals surface area contributed by atoms with Gasteiger partial charge in [0.2, 0.25) is 0 Å². The third-order valence-electron chi connectivity index (χ3n) is 0.405. The summed E-state index contributed by atoms with van der Waals surface area (Å²) in [7, 11) is 0. The van der Waals surface area contributed by atoms with Crippen molar-refractivity contribution in [1.29, 1.82) is 0 Å². The van der Waals surface area contributed by atoms with Crippen LogP contribution >= 0.6 is 0 Å². The molecule has 0 aromatic rings. The van der Waals surface area contributed by atoms with E-state index in [9.17, 15) is 4.79 Å². The van der Waals surface area contributed by atoms with Gasteiger partial charge in [0.05, 0.1) is 0 Å². The molecule has 0 aliphatic rings. The minimum atomic E-state index is 0.109. The van der Waals surface area contributed by atoms with Gasteiger partial charge in [0.25, 0.3) is 0 Å². The van der Waals surface area contributed by atoms with E-state index in [2.05, 4.69) is 0 Å². The van der Waals surface area contributed by atoms with Crippen molar-refractivity contribution in [3.63, 3.8) is 0 Å². The van der Waals surface area contributed by atoms with Gasteiger partial charge in [-0.15, -0.1) is 0 Å². The summed E-state index contributed by atoms with van der Waals surface area (Å²) >= 11 is 0. The van der Waals surface area contributed by atoms with Crippen molar-refractivity contribution < 1.29 is 4.79 Å². The number of Topliss-reactive ketones (excluding diaryl/α,β-unsaturated/α-hetero) is 1. The molecule has 6 heavy (non-hydrogen) atoms. The Labute approximate surface area is 37.3 Å². The van der Waals surface area contributed by atoms with Crippen LogP contribution in [0.5, 0.6) is 0 Å². The van der Waals surface area contributed by atoms with Crippen LogP contribution in [0.2, 0.25) is 0 Å². The van der Waals surface area contributed by atoms with Gasteiger partial charge in [0.15, 0.2) is 0 Å². The first kappa shape index (κ1) is 5.63. The molecule has 0 spiro atoms. The summed E-state index contributed by atoms with van der Waals surface area (Å²) in [5, 5.41) is 0. The Kier molecular flexibility index (Phi) is 2.67. The first-order valence-corrected chi connectivity index (χ1v) is 1.80. The highest BCUT2D eigenvalue weighted by Gasteiger charge is 1.84. The van der Waals surface area contributed by atoms with E-state index < -0.39 is 0 Å². The van der Waals surface area contributed by atoms with Crippen molar-refractivity contribution in [2.45, 2.75) is 13.3 Å². The van der Waals surface area contributed by atoms with Crippen molar-refractivity contribution in [3.05, 3.63) is 6.54 Å². The molecular weight excluding hydrogens is 78.0 g/mol. The van der Waals surface area contributed by atoms with Gasteiger partial charge in [0.1, 0.15) is 5.78 Å². The van der Waals surface area contributed by atoms with Crippen molar-refractivity contribution >= 4 is 5.78 Å². The number of carbonyl (C=O) groups excluding carboxylic acids is 1. The van der Waals surface area contributed by atoms with Gasteiger partial charge >= 0.3 is 0 Å². The normalized spacial score (nSPS) is 8.33. The fraction of sp³-hybridized carbons (Fsp3) is 0.500. The average Bonchev–Trinajstić information content (AvgIpc) is 1.35. The van der Waals surface area contributed by atoms with Gasteiger partial charge in [-0.1, -0.05) is 0 Å². The molecule has 0 rings (SSSR count). The summed E-state index contributed by atoms with van der Waals surface area (Å²) in [6.45, 7) is 2.85. The van der Waals surface area contributed by atoms with Crippen molar-refractivity contribution in [2.24, 2.45) is 5.73 Å². The predicted molar refractivity (Wildman–Crippen MR) is 23.8 cm³/mol. The van der Waals surface area contributed by atoms with Crippen LogP contribution in [0, 0.1) is 6.54 Å². The number of hydrogen-bond acceptors (Lipinski definition) is 2. The van der Waals surface area contributed by atoms with Gasteiger partial charge < -0.3 is 5.73 Å². The van der Waals surface area contributed by atoms with Gasteiger partial charge in [-0.25, -0.2) is 0 Å². The summed E-state index contributed by atoms with van der Waals surface area (Å²) < 4.78 is 0. The Morgan fingerprint density at radius 2 is 2.50 bits per heavy atom. The van der Waals surface area contributed by atoms with Crippen LogP contribution in [0.3, 0.4) is 0 Å². The van der Waals surface area contributed by atoms with Gasteiger partial charge in [-0.2, -0.15) is 0 Å². The van der Waals surface area contributed by atoms with E-state index in [1.165, 1.54) is 13.5 Å². The molecular formula is C4H8NO. The Morgan fingerprint density at radius 1 is 2.00 bits per heavy atom. The second-order valence-corrected chi connectivity index (χ2v) is 1.14. The predicted octanol–water partition coefficient (Wildman–Crippen LogP) is 0.0860. The minimum Gasteiger partial charge on any atom is -0.326 e. The maximum Gasteiger partial charge on any atom is 0.131 e. The number of hydrogen-bond donors (Lipinski definition) is 1. The zero-order valence-corrected chi connectivity index (χ0v) is 3.77. The number of nitrogens with two attached hydrogens (primary N) is 1. The zero-order valence-electron chi connectivity index (χ0n) is 3.77. The number of ketones is 1. The largest absolute Gasteiger partial charge is 0.326 e. The SMILES string of the molecule is CC(=O)C[CH]N. The molecule has 0 aromatic heterocycles. The van der Waals surface area contributed by atoms with Crippen LogP contribution < -0.4 is 5.73 Å². The van der Waals surface area contributed by atoms with Crippen molar-refractivity contribution in [3.8, 4) is 0 Å². The van der Waals surface area contributed by atoms with E-state index in [-0.39, 0.29) is 5.78 Å². The van der Waals surface area contributed by atoms with Crippen LogP contribution in [0.4, 0.5) is 0 Å². The molecule has 2 N–H and O–H groups in total. The smallest absolute Gasteiger partial charge is 0.131 e. The standard InChI is InChI=1S/C4H8NO/c1-4(6)2-3-5/h3H,2,5H2,1H3. The fourth-order valence-corrected chi connectivity index (χ4v) is 0.166. The van der Waals surface area contributed by atoms with Crippen LogP contribution in [-0.4, -0.2) is 5.78 Å². The van der Waals surface area contributed by atoms with Crippen molar-refractivity contribution in [2.75, 3.05) is 0 Å². The van der Waals surface area contributed by atoms with Gasteiger partial charge in [-0.3, -0.25) is 4.79 Å². The molecule has 0 aliphatic heterocycles. The maximum atomic E-state index is 9.93. The first-order chi connectivity index (χ1) is 2.77. The Hall–Kier alpha value is -0.370. The Morgan fingerprint density at radius 3 is 2.50 bits per heavy atom. The third kappa shape index (κ3) is 3.63. The lowest BCUT2D eigenvalue weighted by atomic mass is 10.3. The van der Waals surface area contributed by atoms with Crippen molar-refractivity contribution in [1.82, 2.24) is 0 Å². The molecule has 0 aromatic carbocycles. The Balaban J connectivity index is 2.83. The summed E-state index contributed by atoms with van der Waals surface area (Å²) in [5.41, 5.74) is 4.88. The highest BCUT2D eigenvalue weighted by molar-refractivity contribution is 5.76. The molecule has 1 radical (unpaired) electrons. The average molecular weight is 86.1 g/mol. The maximum absolute atomic E-state index is 9.93. The highest BCUT2D eigenvalue weighted by atomic mass is 16.1. The molecule has 0 fully saturated rings. The lowest BCUT2D eigenvalue weighted by Crippen LogP contribution is -1.96. The zero-order chi connectivity index (χ0) is 4.99. The lowest BCUT2D eigenvalue weighted by molar-refractivity contribution is -0.116. The van der Waals surface area contributed by atoms with Crippen LogP contribution in [0.15, 0.2) is 0 Å². The summed E-state index contributed by atoms with van der Waals surface area (Å²) in [6, 6.07) is 0. The first-order valence-electron chi connectivity index (χ1n) is 1.80. The summed E-state index contributed by atoms with van der Waals surface area (Å²) in [5.74, 6) is 0.109. The van der Waals surface area contributed by atoms with Gasteiger partial charge in [-0.05, 0) is 6.92 Å². The van der Waals surface area contributed by atoms with Crippen LogP contribution in [0.1, 0.15) is 13.3 Å². The van der Waals surface area contributed by atoms with E-state index in [4.69, 9.17) is 5.73 Å². The second kappa shape index (κ2) is 2.85. The van der Waals surface area contributed by atoms with Gasteiger partial charge in [0, 0.05) is 13.0 Å². The Bertz CT molecular complexity index is 51.5. The van der Waals surface area contributed by atoms with Crippen LogP contribution in [0.25, 0.3) is 0 Å². The lowest BCUT2D eigenvalue weighted by Gasteiger charge is -1.80. The van der Waals surface area contributed by atoms with E-state index in [0.29, 0.717) is 6.42 Å². The van der Waals surface area contributed by atoms with E-state index >= 15 is 0 Å². The molecule has 0 atom stereocenters. The van der Waals surface area contributed by atoms with Crippen LogP contribution in [-0.2, 0) is 4.79 Å². The third-order valence-corrected chi connectivity index (χ3v) is 0.405. The molecule has 2 nitrogen and oxygen atoms in total. The number of carbonyl (C=O) groups is 1. The second-order valence-electron chi connectivity index (χ2n) is 1.14. The molecule has 0 bridgehead atoms. The molecule has 0 heterocycles. The van der Waals surface area contributed by atoms with E-state index in [1.807, 2.05) is 0 Å². The molecule has 2 heteroatoms. The molecule has 0 amide bonds. The fourth-order valence-electron chi connectivity index (χ4n) is 0.166. The molecule has 0 saturated carbocycles. The summed E-state index contributed by atoms with van der Waals surface area (Å²) in [4.78, 5) is 9.93. The topological polar surface area (TPSA) is 43.1 Å². The quantitative estimate of drug-likeness (QED) is 0.517. The molecule has 0 unspecified atom stereocenters. The monoisotopic (exact) mass is 86.1 g/mol. The molecule has 35 valence electrons. The highest BCUT2D eigenvalue weighted by Crippen LogP contribution is 1.76. The summed E-state index contributed by atoms with van der Waals surface area (Å²) in [6.07, 6.45) is 0.389. The molecule has 0 saturated heterocycles. The number of rotatable bonds is 2. The minimum absolute atomic E-state index is 0.109.